The molecule has 0 spiro atoms. The minimum absolute atomic E-state index is 0. The lowest BCUT2D eigenvalue weighted by Crippen LogP contribution is -2.12. The number of benzene rings is 2. The molecule has 0 radical (unpaired) electrons. The third-order valence-corrected chi connectivity index (χ3v) is 6.36. The zero-order chi connectivity index (χ0) is 19.0. The van der Waals surface area contributed by atoms with Crippen LogP contribution in [0.4, 0.5) is 0 Å². The van der Waals surface area contributed by atoms with Crippen molar-refractivity contribution in [3.05, 3.63) is 83.6 Å². The van der Waals surface area contributed by atoms with E-state index in [1.807, 2.05) is 24.3 Å². The summed E-state index contributed by atoms with van der Waals surface area (Å²) in [6, 6.07) is 17.5. The average Bonchev–Trinajstić information content (AvgIpc) is 3.11. The molecule has 2 heterocycles. The average molecular weight is 434 g/mol. The minimum Gasteiger partial charge on any atom is -0.326 e. The van der Waals surface area contributed by atoms with E-state index in [0.29, 0.717) is 28.2 Å². The molecule has 28 heavy (non-hydrogen) atoms. The van der Waals surface area contributed by atoms with Gasteiger partial charge in [0.05, 0.1) is 9.92 Å². The van der Waals surface area contributed by atoms with E-state index in [1.165, 1.54) is 10.2 Å². The Morgan fingerprint density at radius 3 is 2.50 bits per heavy atom. The molecular weight excluding hydrogens is 417 g/mol. The number of nitrogens with two attached hydrogens (primary N) is 1. The highest BCUT2D eigenvalue weighted by molar-refractivity contribution is 7.90. The molecule has 5 nitrogen and oxygen atoms in total. The van der Waals surface area contributed by atoms with Crippen LogP contribution < -0.4 is 5.73 Å². The summed E-state index contributed by atoms with van der Waals surface area (Å²) < 4.78 is 27.6. The number of aromatic nitrogens is 2. The molecule has 0 amide bonds. The van der Waals surface area contributed by atoms with Gasteiger partial charge in [0.2, 0.25) is 0 Å². The van der Waals surface area contributed by atoms with Crippen LogP contribution in [-0.4, -0.2) is 17.4 Å². The fraction of sp³-hybridized carbons (Fsp3) is 0.0500. The number of fused-ring (bicyclic) bond motifs is 1. The zero-order valence-electron chi connectivity index (χ0n) is 14.6. The largest absolute Gasteiger partial charge is 0.326 e. The van der Waals surface area contributed by atoms with Crippen LogP contribution in [0, 0.1) is 0 Å². The van der Waals surface area contributed by atoms with Gasteiger partial charge in [0.25, 0.3) is 10.0 Å². The van der Waals surface area contributed by atoms with Gasteiger partial charge < -0.3 is 5.73 Å². The second-order valence-electron chi connectivity index (χ2n) is 6.05. The molecule has 0 fully saturated rings. The van der Waals surface area contributed by atoms with Gasteiger partial charge in [-0.15, -0.1) is 12.4 Å². The number of pyridine rings is 1. The highest BCUT2D eigenvalue weighted by Crippen LogP contribution is 2.36. The van der Waals surface area contributed by atoms with Crippen LogP contribution in [0.1, 0.15) is 5.56 Å². The SMILES string of the molecule is Cl.NCc1cccc(-c2cn(S(=O)(=O)c3ccccc3)c3nccc(Cl)c23)c1. The number of hydrogen-bond acceptors (Lipinski definition) is 4. The Morgan fingerprint density at radius 1 is 1.04 bits per heavy atom. The maximum absolute atomic E-state index is 13.2. The second-order valence-corrected chi connectivity index (χ2v) is 8.27. The van der Waals surface area contributed by atoms with E-state index in [4.69, 9.17) is 17.3 Å². The molecule has 4 aromatic rings. The van der Waals surface area contributed by atoms with Gasteiger partial charge in [0, 0.05) is 29.9 Å². The number of rotatable bonds is 4. The van der Waals surface area contributed by atoms with Crippen molar-refractivity contribution in [2.75, 3.05) is 0 Å². The van der Waals surface area contributed by atoms with Gasteiger partial charge in [0.15, 0.2) is 5.65 Å². The van der Waals surface area contributed by atoms with Crippen LogP contribution >= 0.6 is 24.0 Å². The van der Waals surface area contributed by atoms with E-state index >= 15 is 0 Å². The predicted molar refractivity (Wildman–Crippen MR) is 114 cm³/mol. The molecule has 0 unspecified atom stereocenters. The number of nitrogens with zero attached hydrogens (tertiary/aromatic N) is 2. The third-order valence-electron chi connectivity index (χ3n) is 4.38. The number of halogens is 2. The lowest BCUT2D eigenvalue weighted by Gasteiger charge is -2.06. The Kier molecular flexibility index (Phi) is 5.76. The first kappa shape index (κ1) is 20.4. The topological polar surface area (TPSA) is 78.0 Å². The van der Waals surface area contributed by atoms with Crippen molar-refractivity contribution in [2.24, 2.45) is 5.73 Å². The standard InChI is InChI=1S/C20H16ClN3O2S.ClH/c21-18-9-10-23-20-19(18)17(15-6-4-5-14(11-15)12-22)13-24(20)27(25,26)16-7-2-1-3-8-16;/h1-11,13H,12,22H2;1H. The van der Waals surface area contributed by atoms with Crippen molar-refractivity contribution in [2.45, 2.75) is 11.4 Å². The second kappa shape index (κ2) is 7.93. The molecule has 2 aromatic heterocycles. The molecule has 0 atom stereocenters. The maximum Gasteiger partial charge on any atom is 0.269 e. The monoisotopic (exact) mass is 433 g/mol. The normalized spacial score (nSPS) is 11.4. The van der Waals surface area contributed by atoms with Crippen LogP contribution in [0.3, 0.4) is 0 Å². The molecular formula is C20H17Cl2N3O2S. The van der Waals surface area contributed by atoms with Crippen LogP contribution in [0.2, 0.25) is 5.02 Å². The molecule has 2 N–H and O–H groups in total. The maximum atomic E-state index is 13.2. The fourth-order valence-electron chi connectivity index (χ4n) is 3.06. The fourth-order valence-corrected chi connectivity index (χ4v) is 4.64. The van der Waals surface area contributed by atoms with Crippen LogP contribution in [0.5, 0.6) is 0 Å². The Morgan fingerprint density at radius 2 is 1.79 bits per heavy atom. The molecule has 0 bridgehead atoms. The lowest BCUT2D eigenvalue weighted by atomic mass is 10.0. The van der Waals surface area contributed by atoms with Crippen LogP contribution in [0.15, 0.2) is 78.0 Å². The molecule has 8 heteroatoms. The first-order valence-corrected chi connectivity index (χ1v) is 10.1. The van der Waals surface area contributed by atoms with E-state index in [-0.39, 0.29) is 17.3 Å². The van der Waals surface area contributed by atoms with Gasteiger partial charge in [-0.2, -0.15) is 0 Å². The summed E-state index contributed by atoms with van der Waals surface area (Å²) in [5.74, 6) is 0. The Bertz CT molecular complexity index is 1240. The van der Waals surface area contributed by atoms with Crippen LogP contribution in [0.25, 0.3) is 22.2 Å². The van der Waals surface area contributed by atoms with E-state index in [9.17, 15) is 8.42 Å². The highest BCUT2D eigenvalue weighted by Gasteiger charge is 2.23. The minimum atomic E-state index is -3.81. The molecule has 4 rings (SSSR count). The lowest BCUT2D eigenvalue weighted by molar-refractivity contribution is 0.589. The van der Waals surface area contributed by atoms with Crippen molar-refractivity contribution >= 4 is 45.1 Å². The van der Waals surface area contributed by atoms with E-state index < -0.39 is 10.0 Å². The van der Waals surface area contributed by atoms with E-state index in [1.54, 1.807) is 42.6 Å². The Labute approximate surface area is 174 Å². The van der Waals surface area contributed by atoms with Gasteiger partial charge in [-0.05, 0) is 35.4 Å². The van der Waals surface area contributed by atoms with Crippen molar-refractivity contribution in [3.63, 3.8) is 0 Å². The van der Waals surface area contributed by atoms with Crippen LogP contribution in [-0.2, 0) is 16.6 Å². The Hall–Kier alpha value is -2.38. The van der Waals surface area contributed by atoms with Crippen molar-refractivity contribution in [3.8, 4) is 11.1 Å². The van der Waals surface area contributed by atoms with Gasteiger partial charge >= 0.3 is 0 Å². The molecule has 0 aliphatic carbocycles. The highest BCUT2D eigenvalue weighted by atomic mass is 35.5. The van der Waals surface area contributed by atoms with Gasteiger partial charge in [-0.1, -0.05) is 48.0 Å². The molecule has 144 valence electrons. The summed E-state index contributed by atoms with van der Waals surface area (Å²) in [6.07, 6.45) is 3.07. The molecule has 2 aromatic carbocycles. The first-order valence-electron chi connectivity index (χ1n) is 8.28. The van der Waals surface area contributed by atoms with Crippen molar-refractivity contribution < 1.29 is 8.42 Å². The van der Waals surface area contributed by atoms with Crippen molar-refractivity contribution in [1.82, 2.24) is 8.96 Å². The summed E-state index contributed by atoms with van der Waals surface area (Å²) in [7, 11) is -3.81. The number of hydrogen-bond donors (Lipinski definition) is 1. The van der Waals surface area contributed by atoms with Gasteiger partial charge in [-0.3, -0.25) is 0 Å². The summed E-state index contributed by atoms with van der Waals surface area (Å²) >= 11 is 6.42. The smallest absolute Gasteiger partial charge is 0.269 e. The quantitative estimate of drug-likeness (QED) is 0.514. The van der Waals surface area contributed by atoms with Crippen molar-refractivity contribution in [1.29, 1.82) is 0 Å². The predicted octanol–water partition coefficient (Wildman–Crippen LogP) is 4.47. The summed E-state index contributed by atoms with van der Waals surface area (Å²) in [5, 5.41) is 1.03. The third kappa shape index (κ3) is 3.40. The molecule has 0 saturated carbocycles. The summed E-state index contributed by atoms with van der Waals surface area (Å²) in [6.45, 7) is 0.390. The van der Waals surface area contributed by atoms with E-state index in [0.717, 1.165) is 11.1 Å². The zero-order valence-corrected chi connectivity index (χ0v) is 17.0. The molecule has 0 aliphatic heterocycles. The van der Waals surface area contributed by atoms with E-state index in [2.05, 4.69) is 4.98 Å². The summed E-state index contributed by atoms with van der Waals surface area (Å²) in [4.78, 5) is 4.48. The summed E-state index contributed by atoms with van der Waals surface area (Å²) in [5.41, 5.74) is 8.51. The van der Waals surface area contributed by atoms with Gasteiger partial charge in [-0.25, -0.2) is 17.4 Å². The van der Waals surface area contributed by atoms with Gasteiger partial charge in [0.1, 0.15) is 0 Å². The molecule has 0 saturated heterocycles. The Balaban J connectivity index is 0.00000225. The molecule has 0 aliphatic rings. The first-order chi connectivity index (χ1) is 13.0.